The first kappa shape index (κ1) is 17.2. The Kier molecular flexibility index (Phi) is 5.08. The largest absolute Gasteiger partial charge is 0.466 e. The number of aromatic nitrogens is 2. The monoisotopic (exact) mass is 332 g/mol. The summed E-state index contributed by atoms with van der Waals surface area (Å²) >= 11 is 0. The van der Waals surface area contributed by atoms with E-state index in [0.29, 0.717) is 0 Å². The molecular formula is C18H28N4O2. The maximum Gasteiger partial charge on any atom is 0.105 e. The molecule has 0 aliphatic carbocycles. The van der Waals surface area contributed by atoms with Crippen molar-refractivity contribution in [1.82, 2.24) is 19.8 Å². The van der Waals surface area contributed by atoms with Crippen LogP contribution in [-0.2, 0) is 11.8 Å². The number of nitrogens with one attached hydrogen (secondary N) is 1. The lowest BCUT2D eigenvalue weighted by Gasteiger charge is -2.39. The lowest BCUT2D eigenvalue weighted by molar-refractivity contribution is -0.0643. The highest BCUT2D eigenvalue weighted by molar-refractivity contribution is 5.23. The minimum atomic E-state index is 0.0925. The van der Waals surface area contributed by atoms with E-state index in [1.165, 1.54) is 11.3 Å². The van der Waals surface area contributed by atoms with E-state index in [1.807, 2.05) is 33.4 Å². The van der Waals surface area contributed by atoms with Crippen molar-refractivity contribution in [1.29, 1.82) is 0 Å². The number of aryl methyl sites for hydroxylation is 3. The molecule has 2 aromatic rings. The van der Waals surface area contributed by atoms with Gasteiger partial charge in [-0.1, -0.05) is 0 Å². The number of nitrogens with zero attached hydrogens (tertiary/aromatic N) is 3. The van der Waals surface area contributed by atoms with Gasteiger partial charge in [0.2, 0.25) is 0 Å². The molecular weight excluding hydrogens is 304 g/mol. The predicted molar refractivity (Wildman–Crippen MR) is 92.9 cm³/mol. The molecule has 0 bridgehead atoms. The van der Waals surface area contributed by atoms with Crippen molar-refractivity contribution in [2.45, 2.75) is 39.0 Å². The molecule has 3 atom stereocenters. The summed E-state index contributed by atoms with van der Waals surface area (Å²) in [5.74, 6) is 1.94. The lowest BCUT2D eigenvalue weighted by atomic mass is 10.0. The van der Waals surface area contributed by atoms with Crippen LogP contribution in [0.4, 0.5) is 0 Å². The molecule has 3 rings (SSSR count). The Bertz CT molecular complexity index is 678. The Morgan fingerprint density at radius 3 is 2.79 bits per heavy atom. The van der Waals surface area contributed by atoms with E-state index in [9.17, 15) is 0 Å². The standard InChI is InChI=1S/C18H28N4O2/c1-12-8-15(14(3)24-12)13(2)20-10-17-18(21(4)6-7-23-17)16-9-19-11-22(16)5/h8-9,11,13,17-18,20H,6-7,10H2,1-5H3/t13?,17-,18-/m0/s1. The Balaban J connectivity index is 1.70. The van der Waals surface area contributed by atoms with Crippen molar-refractivity contribution < 1.29 is 9.15 Å². The summed E-state index contributed by atoms with van der Waals surface area (Å²) in [6, 6.07) is 2.54. The third-order valence-corrected chi connectivity index (χ3v) is 4.93. The average Bonchev–Trinajstić information content (AvgIpc) is 3.10. The van der Waals surface area contributed by atoms with Crippen molar-refractivity contribution >= 4 is 0 Å². The number of ether oxygens (including phenoxy) is 1. The molecule has 1 aliphatic heterocycles. The van der Waals surface area contributed by atoms with Gasteiger partial charge in [0.1, 0.15) is 11.5 Å². The summed E-state index contributed by atoms with van der Waals surface area (Å²) in [5, 5.41) is 3.61. The molecule has 132 valence electrons. The molecule has 0 radical (unpaired) electrons. The molecule has 0 aromatic carbocycles. The van der Waals surface area contributed by atoms with Gasteiger partial charge in [0, 0.05) is 37.9 Å². The minimum Gasteiger partial charge on any atom is -0.466 e. The maximum atomic E-state index is 6.09. The number of furan rings is 1. The summed E-state index contributed by atoms with van der Waals surface area (Å²) in [5.41, 5.74) is 2.40. The molecule has 1 fully saturated rings. The van der Waals surface area contributed by atoms with Gasteiger partial charge < -0.3 is 19.0 Å². The number of hydrogen-bond donors (Lipinski definition) is 1. The molecule has 1 saturated heterocycles. The second kappa shape index (κ2) is 7.09. The highest BCUT2D eigenvalue weighted by atomic mass is 16.5. The fraction of sp³-hybridized carbons (Fsp3) is 0.611. The van der Waals surface area contributed by atoms with Gasteiger partial charge in [-0.2, -0.15) is 0 Å². The van der Waals surface area contributed by atoms with Gasteiger partial charge in [-0.15, -0.1) is 0 Å². The Morgan fingerprint density at radius 1 is 1.38 bits per heavy atom. The molecule has 1 unspecified atom stereocenters. The predicted octanol–water partition coefficient (Wildman–Crippen LogP) is 2.35. The van der Waals surface area contributed by atoms with Crippen LogP contribution in [0.1, 0.15) is 41.8 Å². The van der Waals surface area contributed by atoms with Crippen LogP contribution >= 0.6 is 0 Å². The van der Waals surface area contributed by atoms with E-state index < -0.39 is 0 Å². The Hall–Kier alpha value is -1.63. The highest BCUT2D eigenvalue weighted by Gasteiger charge is 2.33. The Morgan fingerprint density at radius 2 is 2.17 bits per heavy atom. The summed E-state index contributed by atoms with van der Waals surface area (Å²) in [6.45, 7) is 8.65. The lowest BCUT2D eigenvalue weighted by Crippen LogP contribution is -2.48. The van der Waals surface area contributed by atoms with E-state index in [-0.39, 0.29) is 18.2 Å². The second-order valence-electron chi connectivity index (χ2n) is 6.76. The van der Waals surface area contributed by atoms with Gasteiger partial charge in [0.25, 0.3) is 0 Å². The molecule has 24 heavy (non-hydrogen) atoms. The molecule has 1 N–H and O–H groups in total. The molecule has 0 spiro atoms. The second-order valence-corrected chi connectivity index (χ2v) is 6.76. The zero-order valence-corrected chi connectivity index (χ0v) is 15.2. The molecule has 0 saturated carbocycles. The van der Waals surface area contributed by atoms with Crippen LogP contribution in [0.3, 0.4) is 0 Å². The number of likely N-dealkylation sites (N-methyl/N-ethyl adjacent to an activating group) is 1. The van der Waals surface area contributed by atoms with E-state index in [1.54, 1.807) is 0 Å². The first-order chi connectivity index (χ1) is 11.5. The SMILES string of the molecule is Cc1cc(C(C)NC[C@@H]2OCCN(C)[C@H]2c2cncn2C)c(C)o1. The maximum absolute atomic E-state index is 6.09. The van der Waals surface area contributed by atoms with Crippen LogP contribution in [-0.4, -0.2) is 47.3 Å². The first-order valence-electron chi connectivity index (χ1n) is 8.55. The number of rotatable bonds is 5. The quantitative estimate of drug-likeness (QED) is 0.911. The fourth-order valence-electron chi connectivity index (χ4n) is 3.58. The van der Waals surface area contributed by atoms with Crippen LogP contribution < -0.4 is 5.32 Å². The van der Waals surface area contributed by atoms with Crippen LogP contribution in [0.5, 0.6) is 0 Å². The van der Waals surface area contributed by atoms with Crippen molar-refractivity contribution in [2.24, 2.45) is 7.05 Å². The van der Waals surface area contributed by atoms with E-state index in [2.05, 4.69) is 39.8 Å². The van der Waals surface area contributed by atoms with Gasteiger partial charge in [-0.05, 0) is 33.9 Å². The van der Waals surface area contributed by atoms with E-state index in [0.717, 1.165) is 31.2 Å². The summed E-state index contributed by atoms with van der Waals surface area (Å²) in [6.07, 6.45) is 3.88. The Labute approximate surface area is 143 Å². The molecule has 3 heterocycles. The fourth-order valence-corrected chi connectivity index (χ4v) is 3.58. The molecule has 2 aromatic heterocycles. The minimum absolute atomic E-state index is 0.0925. The van der Waals surface area contributed by atoms with Gasteiger partial charge >= 0.3 is 0 Å². The summed E-state index contributed by atoms with van der Waals surface area (Å²) < 4.78 is 13.8. The van der Waals surface area contributed by atoms with Crippen molar-refractivity contribution in [3.05, 3.63) is 41.4 Å². The van der Waals surface area contributed by atoms with Crippen molar-refractivity contribution in [2.75, 3.05) is 26.7 Å². The van der Waals surface area contributed by atoms with Crippen molar-refractivity contribution in [3.8, 4) is 0 Å². The van der Waals surface area contributed by atoms with Crippen LogP contribution in [0.2, 0.25) is 0 Å². The van der Waals surface area contributed by atoms with Gasteiger partial charge in [0.15, 0.2) is 0 Å². The third-order valence-electron chi connectivity index (χ3n) is 4.93. The van der Waals surface area contributed by atoms with Crippen LogP contribution in [0.15, 0.2) is 23.0 Å². The summed E-state index contributed by atoms with van der Waals surface area (Å²) in [4.78, 5) is 6.62. The molecule has 0 amide bonds. The smallest absolute Gasteiger partial charge is 0.105 e. The van der Waals surface area contributed by atoms with Crippen LogP contribution in [0, 0.1) is 13.8 Å². The zero-order valence-electron chi connectivity index (χ0n) is 15.2. The van der Waals surface area contributed by atoms with Crippen molar-refractivity contribution in [3.63, 3.8) is 0 Å². The van der Waals surface area contributed by atoms with E-state index in [4.69, 9.17) is 9.15 Å². The number of hydrogen-bond acceptors (Lipinski definition) is 5. The average molecular weight is 332 g/mol. The normalized spacial score (nSPS) is 23.5. The molecule has 6 nitrogen and oxygen atoms in total. The molecule has 1 aliphatic rings. The van der Waals surface area contributed by atoms with Crippen LogP contribution in [0.25, 0.3) is 0 Å². The number of imidazole rings is 1. The highest BCUT2D eigenvalue weighted by Crippen LogP contribution is 2.28. The van der Waals surface area contributed by atoms with Gasteiger partial charge in [-0.3, -0.25) is 4.90 Å². The van der Waals surface area contributed by atoms with Gasteiger partial charge in [0.05, 0.1) is 30.8 Å². The first-order valence-corrected chi connectivity index (χ1v) is 8.55. The van der Waals surface area contributed by atoms with Gasteiger partial charge in [-0.25, -0.2) is 4.98 Å². The summed E-state index contributed by atoms with van der Waals surface area (Å²) in [7, 11) is 4.19. The topological polar surface area (TPSA) is 55.5 Å². The van der Waals surface area contributed by atoms with E-state index >= 15 is 0 Å². The number of morpholine rings is 1. The zero-order chi connectivity index (χ0) is 17.3. The molecule has 6 heteroatoms. The third kappa shape index (κ3) is 3.41.